The molecule has 1 atom stereocenters. The molecule has 1 aliphatic rings. The lowest BCUT2D eigenvalue weighted by molar-refractivity contribution is -0.150. The highest BCUT2D eigenvalue weighted by atomic mass is 16.3. The summed E-state index contributed by atoms with van der Waals surface area (Å²) < 4.78 is 5.47. The van der Waals surface area contributed by atoms with Crippen LogP contribution in [0.4, 0.5) is 0 Å². The number of aliphatic hydroxyl groups is 1. The lowest BCUT2D eigenvalue weighted by atomic mass is 9.99. The van der Waals surface area contributed by atoms with E-state index in [0.29, 0.717) is 12.3 Å². The third-order valence-electron chi connectivity index (χ3n) is 4.41. The molecule has 1 unspecified atom stereocenters. The zero-order valence-electron chi connectivity index (χ0n) is 13.9. The first-order valence-corrected chi connectivity index (χ1v) is 7.99. The SMILES string of the molecule is CC(C)(O)C(=O)N1Cc2cc(-c3ccn[nH]3)ccc2C1c1cnco1. The number of amides is 1. The van der Waals surface area contributed by atoms with E-state index < -0.39 is 11.6 Å². The maximum absolute atomic E-state index is 12.8. The van der Waals surface area contributed by atoms with Gasteiger partial charge in [-0.15, -0.1) is 0 Å². The summed E-state index contributed by atoms with van der Waals surface area (Å²) in [6.07, 6.45) is 4.65. The smallest absolute Gasteiger partial charge is 0.255 e. The Balaban J connectivity index is 1.79. The van der Waals surface area contributed by atoms with Crippen LogP contribution < -0.4 is 0 Å². The molecule has 3 heterocycles. The Morgan fingerprint density at radius 3 is 2.88 bits per heavy atom. The van der Waals surface area contributed by atoms with Gasteiger partial charge in [-0.05, 0) is 42.7 Å². The Bertz CT molecular complexity index is 895. The molecule has 0 bridgehead atoms. The van der Waals surface area contributed by atoms with Crippen molar-refractivity contribution >= 4 is 5.91 Å². The van der Waals surface area contributed by atoms with Gasteiger partial charge in [0.05, 0.1) is 11.9 Å². The van der Waals surface area contributed by atoms with E-state index in [1.807, 2.05) is 24.3 Å². The van der Waals surface area contributed by atoms with Gasteiger partial charge in [0.25, 0.3) is 5.91 Å². The van der Waals surface area contributed by atoms with Gasteiger partial charge in [-0.25, -0.2) is 4.98 Å². The van der Waals surface area contributed by atoms with E-state index in [2.05, 4.69) is 15.2 Å². The summed E-state index contributed by atoms with van der Waals surface area (Å²) >= 11 is 0. The van der Waals surface area contributed by atoms with Crippen LogP contribution in [0.25, 0.3) is 11.3 Å². The average Bonchev–Trinajstić information content (AvgIpc) is 3.31. The van der Waals surface area contributed by atoms with Gasteiger partial charge < -0.3 is 14.4 Å². The summed E-state index contributed by atoms with van der Waals surface area (Å²) in [7, 11) is 0. The number of aromatic amines is 1. The number of carbonyl (C=O) groups is 1. The fourth-order valence-electron chi connectivity index (χ4n) is 3.24. The molecule has 0 fully saturated rings. The quantitative estimate of drug-likeness (QED) is 0.764. The Labute approximate surface area is 144 Å². The molecular weight excluding hydrogens is 320 g/mol. The standard InChI is InChI=1S/C18H18N4O3/c1-18(2,24)17(23)22-9-12-7-11(14-5-6-20-21-14)3-4-13(12)16(22)15-8-19-10-25-15/h3-8,10,16,24H,9H2,1-2H3,(H,20,21). The van der Waals surface area contributed by atoms with Crippen molar-refractivity contribution in [2.45, 2.75) is 32.0 Å². The number of nitrogens with one attached hydrogen (secondary N) is 1. The number of rotatable bonds is 3. The topological polar surface area (TPSA) is 95.2 Å². The van der Waals surface area contributed by atoms with Crippen LogP contribution in [0.1, 0.15) is 36.8 Å². The molecule has 0 aliphatic carbocycles. The number of fused-ring (bicyclic) bond motifs is 1. The number of hydrogen-bond acceptors (Lipinski definition) is 5. The monoisotopic (exact) mass is 338 g/mol. The fourth-order valence-corrected chi connectivity index (χ4v) is 3.24. The van der Waals surface area contributed by atoms with Crippen molar-refractivity contribution in [3.05, 3.63) is 59.9 Å². The van der Waals surface area contributed by atoms with Crippen molar-refractivity contribution in [2.75, 3.05) is 0 Å². The molecular formula is C18H18N4O3. The summed E-state index contributed by atoms with van der Waals surface area (Å²) in [6, 6.07) is 7.49. The first-order chi connectivity index (χ1) is 11.9. The van der Waals surface area contributed by atoms with Crippen molar-refractivity contribution in [1.82, 2.24) is 20.1 Å². The van der Waals surface area contributed by atoms with Gasteiger partial charge in [0.15, 0.2) is 12.2 Å². The number of nitrogens with zero attached hydrogens (tertiary/aromatic N) is 3. The van der Waals surface area contributed by atoms with Crippen molar-refractivity contribution < 1.29 is 14.3 Å². The van der Waals surface area contributed by atoms with Crippen molar-refractivity contribution in [3.63, 3.8) is 0 Å². The Kier molecular flexibility index (Phi) is 3.47. The van der Waals surface area contributed by atoms with Gasteiger partial charge >= 0.3 is 0 Å². The van der Waals surface area contributed by atoms with Gasteiger partial charge in [0.2, 0.25) is 0 Å². The lowest BCUT2D eigenvalue weighted by Gasteiger charge is -2.29. The number of hydrogen-bond donors (Lipinski definition) is 2. The predicted molar refractivity (Wildman–Crippen MR) is 89.2 cm³/mol. The molecule has 0 saturated heterocycles. The molecule has 1 aliphatic heterocycles. The van der Waals surface area contributed by atoms with Crippen LogP contribution in [0, 0.1) is 0 Å². The Morgan fingerprint density at radius 2 is 2.24 bits per heavy atom. The van der Waals surface area contributed by atoms with Crippen LogP contribution in [0.15, 0.2) is 47.5 Å². The van der Waals surface area contributed by atoms with Gasteiger partial charge in [0, 0.05) is 12.7 Å². The summed E-state index contributed by atoms with van der Waals surface area (Å²) in [4.78, 5) is 18.4. The van der Waals surface area contributed by atoms with E-state index in [0.717, 1.165) is 22.4 Å². The number of aromatic nitrogens is 3. The van der Waals surface area contributed by atoms with Crippen LogP contribution in [0.3, 0.4) is 0 Å². The van der Waals surface area contributed by atoms with E-state index >= 15 is 0 Å². The molecule has 128 valence electrons. The van der Waals surface area contributed by atoms with Gasteiger partial charge in [-0.3, -0.25) is 9.89 Å². The minimum Gasteiger partial charge on any atom is -0.446 e. The minimum absolute atomic E-state index is 0.354. The van der Waals surface area contributed by atoms with Crippen molar-refractivity contribution in [3.8, 4) is 11.3 Å². The zero-order chi connectivity index (χ0) is 17.6. The van der Waals surface area contributed by atoms with Gasteiger partial charge in [-0.1, -0.05) is 12.1 Å². The average molecular weight is 338 g/mol. The van der Waals surface area contributed by atoms with Crippen molar-refractivity contribution in [2.24, 2.45) is 0 Å². The number of carbonyl (C=O) groups excluding carboxylic acids is 1. The molecule has 1 aromatic carbocycles. The summed E-state index contributed by atoms with van der Waals surface area (Å²) in [6.45, 7) is 3.38. The Hall–Kier alpha value is -2.93. The highest BCUT2D eigenvalue weighted by molar-refractivity contribution is 5.85. The number of H-pyrrole nitrogens is 1. The molecule has 25 heavy (non-hydrogen) atoms. The van der Waals surface area contributed by atoms with Crippen LogP contribution >= 0.6 is 0 Å². The molecule has 1 amide bonds. The molecule has 3 aromatic rings. The van der Waals surface area contributed by atoms with E-state index in [4.69, 9.17) is 4.42 Å². The van der Waals surface area contributed by atoms with E-state index in [9.17, 15) is 9.90 Å². The predicted octanol–water partition coefficient (Wildman–Crippen LogP) is 2.27. The first kappa shape index (κ1) is 15.6. The largest absolute Gasteiger partial charge is 0.446 e. The molecule has 2 aromatic heterocycles. The van der Waals surface area contributed by atoms with E-state index in [1.165, 1.54) is 20.2 Å². The maximum atomic E-state index is 12.8. The van der Waals surface area contributed by atoms with Crippen molar-refractivity contribution in [1.29, 1.82) is 0 Å². The maximum Gasteiger partial charge on any atom is 0.255 e. The number of benzene rings is 1. The van der Waals surface area contributed by atoms with E-state index in [-0.39, 0.29) is 5.91 Å². The molecule has 0 radical (unpaired) electrons. The van der Waals surface area contributed by atoms with Crippen LogP contribution in [-0.4, -0.2) is 36.7 Å². The minimum atomic E-state index is -1.47. The van der Waals surface area contributed by atoms with Gasteiger partial charge in [-0.2, -0.15) is 5.10 Å². The second-order valence-electron chi connectivity index (χ2n) is 6.68. The molecule has 4 rings (SSSR count). The highest BCUT2D eigenvalue weighted by Gasteiger charge is 2.41. The summed E-state index contributed by atoms with van der Waals surface area (Å²) in [5, 5.41) is 17.1. The highest BCUT2D eigenvalue weighted by Crippen LogP contribution is 2.41. The summed E-state index contributed by atoms with van der Waals surface area (Å²) in [5.74, 6) is 0.221. The van der Waals surface area contributed by atoms with E-state index in [1.54, 1.807) is 17.3 Å². The molecule has 7 heteroatoms. The fraction of sp³-hybridized carbons (Fsp3) is 0.278. The van der Waals surface area contributed by atoms with Crippen LogP contribution in [0.2, 0.25) is 0 Å². The number of oxazole rings is 1. The summed E-state index contributed by atoms with van der Waals surface area (Å²) in [5.41, 5.74) is 2.41. The lowest BCUT2D eigenvalue weighted by Crippen LogP contribution is -2.44. The molecule has 0 spiro atoms. The zero-order valence-corrected chi connectivity index (χ0v) is 13.9. The van der Waals surface area contributed by atoms with Crippen LogP contribution in [0.5, 0.6) is 0 Å². The first-order valence-electron chi connectivity index (χ1n) is 7.99. The third-order valence-corrected chi connectivity index (χ3v) is 4.41. The third kappa shape index (κ3) is 2.62. The Morgan fingerprint density at radius 1 is 1.40 bits per heavy atom. The van der Waals surface area contributed by atoms with Gasteiger partial charge in [0.1, 0.15) is 11.6 Å². The van der Waals surface area contributed by atoms with Crippen LogP contribution in [-0.2, 0) is 11.3 Å². The second kappa shape index (κ2) is 5.56. The molecule has 2 N–H and O–H groups in total. The second-order valence-corrected chi connectivity index (χ2v) is 6.68. The normalized spacial score (nSPS) is 16.9. The molecule has 0 saturated carbocycles. The molecule has 7 nitrogen and oxygen atoms in total.